The molecule has 0 saturated carbocycles. The number of fused-ring (bicyclic) bond motifs is 1. The number of nitrogens with zero attached hydrogens (tertiary/aromatic N) is 1. The minimum atomic E-state index is -3.49. The van der Waals surface area contributed by atoms with Crippen LogP contribution in [0.15, 0.2) is 47.4 Å². The van der Waals surface area contributed by atoms with Gasteiger partial charge in [0, 0.05) is 12.4 Å². The molecular formula is C12H14N2O2S. The average molecular weight is 250 g/mol. The minimum absolute atomic E-state index is 0.312. The Morgan fingerprint density at radius 1 is 1.06 bits per heavy atom. The molecule has 90 valence electrons. The first-order chi connectivity index (χ1) is 8.07. The highest BCUT2D eigenvalue weighted by Gasteiger charge is 2.21. The number of rotatable bonds is 3. The first kappa shape index (κ1) is 12.0. The van der Waals surface area contributed by atoms with E-state index in [1.54, 1.807) is 19.2 Å². The first-order valence-electron chi connectivity index (χ1n) is 5.21. The molecule has 0 heterocycles. The Kier molecular flexibility index (Phi) is 3.15. The van der Waals surface area contributed by atoms with E-state index < -0.39 is 10.0 Å². The molecule has 17 heavy (non-hydrogen) atoms. The van der Waals surface area contributed by atoms with Crippen LogP contribution in [-0.4, -0.2) is 26.9 Å². The van der Waals surface area contributed by atoms with Crippen molar-refractivity contribution in [2.75, 3.05) is 14.1 Å². The van der Waals surface area contributed by atoms with Crippen molar-refractivity contribution in [1.82, 2.24) is 9.84 Å². The molecule has 0 spiro atoms. The molecule has 1 N–H and O–H groups in total. The summed E-state index contributed by atoms with van der Waals surface area (Å²) in [5.74, 6) is 0. The van der Waals surface area contributed by atoms with E-state index in [2.05, 4.69) is 5.43 Å². The Morgan fingerprint density at radius 2 is 1.71 bits per heavy atom. The normalized spacial score (nSPS) is 12.2. The van der Waals surface area contributed by atoms with Crippen molar-refractivity contribution < 1.29 is 8.42 Å². The quantitative estimate of drug-likeness (QED) is 0.842. The highest BCUT2D eigenvalue weighted by molar-refractivity contribution is 7.89. The summed E-state index contributed by atoms with van der Waals surface area (Å²) in [5.41, 5.74) is 2.61. The minimum Gasteiger partial charge on any atom is -0.245 e. The molecule has 0 saturated heterocycles. The third kappa shape index (κ3) is 2.04. The van der Waals surface area contributed by atoms with Gasteiger partial charge in [0.05, 0.1) is 4.90 Å². The fourth-order valence-corrected chi connectivity index (χ4v) is 2.94. The van der Waals surface area contributed by atoms with Gasteiger partial charge in [-0.1, -0.05) is 36.4 Å². The summed E-state index contributed by atoms with van der Waals surface area (Å²) in [6.45, 7) is 0. The van der Waals surface area contributed by atoms with Crippen LogP contribution in [0.25, 0.3) is 10.8 Å². The lowest BCUT2D eigenvalue weighted by Crippen LogP contribution is -2.36. The molecule has 0 fully saturated rings. The Morgan fingerprint density at radius 3 is 2.41 bits per heavy atom. The molecular weight excluding hydrogens is 236 g/mol. The van der Waals surface area contributed by atoms with Crippen molar-refractivity contribution in [3.05, 3.63) is 42.5 Å². The molecule has 4 nitrogen and oxygen atoms in total. The number of hydrogen-bond acceptors (Lipinski definition) is 3. The molecule has 0 aromatic heterocycles. The predicted octanol–water partition coefficient (Wildman–Crippen LogP) is 1.59. The number of sulfonamides is 1. The summed E-state index contributed by atoms with van der Waals surface area (Å²) in [6.07, 6.45) is 0. The van der Waals surface area contributed by atoms with E-state index in [4.69, 9.17) is 0 Å². The van der Waals surface area contributed by atoms with Gasteiger partial charge in [-0.2, -0.15) is 0 Å². The molecule has 2 aromatic rings. The van der Waals surface area contributed by atoms with Crippen molar-refractivity contribution in [3.63, 3.8) is 0 Å². The fraction of sp³-hybridized carbons (Fsp3) is 0.167. The predicted molar refractivity (Wildman–Crippen MR) is 68.0 cm³/mol. The van der Waals surface area contributed by atoms with Crippen molar-refractivity contribution >= 4 is 20.8 Å². The van der Waals surface area contributed by atoms with Crippen molar-refractivity contribution in [3.8, 4) is 0 Å². The van der Waals surface area contributed by atoms with E-state index in [0.29, 0.717) is 4.90 Å². The maximum Gasteiger partial charge on any atom is 0.256 e. The lowest BCUT2D eigenvalue weighted by Gasteiger charge is -2.16. The van der Waals surface area contributed by atoms with Gasteiger partial charge in [0.1, 0.15) is 0 Å². The molecule has 2 rings (SSSR count). The Hall–Kier alpha value is -1.43. The number of nitrogens with one attached hydrogen (secondary N) is 1. The molecule has 0 unspecified atom stereocenters. The topological polar surface area (TPSA) is 49.4 Å². The summed E-state index contributed by atoms with van der Waals surface area (Å²) in [4.78, 5) is 0.312. The molecule has 2 aromatic carbocycles. The van der Waals surface area contributed by atoms with Gasteiger partial charge in [0.25, 0.3) is 10.0 Å². The van der Waals surface area contributed by atoms with E-state index in [1.807, 2.05) is 30.3 Å². The van der Waals surface area contributed by atoms with Crippen LogP contribution in [0.2, 0.25) is 0 Å². The van der Waals surface area contributed by atoms with E-state index in [-0.39, 0.29) is 0 Å². The molecule has 0 amide bonds. The lowest BCUT2D eigenvalue weighted by atomic mass is 10.1. The van der Waals surface area contributed by atoms with Gasteiger partial charge in [0.2, 0.25) is 0 Å². The Labute approximate surface area is 101 Å². The van der Waals surface area contributed by atoms with E-state index in [9.17, 15) is 8.42 Å². The number of hydrazine groups is 1. The van der Waals surface area contributed by atoms with E-state index in [1.165, 1.54) is 7.05 Å². The van der Waals surface area contributed by atoms with Gasteiger partial charge in [-0.15, -0.1) is 4.41 Å². The molecule has 0 aliphatic rings. The van der Waals surface area contributed by atoms with Crippen molar-refractivity contribution in [2.45, 2.75) is 4.90 Å². The standard InChI is InChI=1S/C12H14N2O2S/c1-13-14(2)17(15,16)12-9-5-7-10-6-3-4-8-11(10)12/h3-9,13H,1-2H3. The van der Waals surface area contributed by atoms with Gasteiger partial charge in [-0.05, 0) is 18.5 Å². The van der Waals surface area contributed by atoms with E-state index in [0.717, 1.165) is 15.2 Å². The largest absolute Gasteiger partial charge is 0.256 e. The molecule has 0 aliphatic carbocycles. The Bertz CT molecular complexity index is 633. The van der Waals surface area contributed by atoms with Crippen LogP contribution >= 0.6 is 0 Å². The second-order valence-corrected chi connectivity index (χ2v) is 5.61. The zero-order valence-electron chi connectivity index (χ0n) is 9.71. The first-order valence-corrected chi connectivity index (χ1v) is 6.65. The fourth-order valence-electron chi connectivity index (χ4n) is 1.69. The summed E-state index contributed by atoms with van der Waals surface area (Å²) in [5, 5.41) is 1.65. The van der Waals surface area contributed by atoms with Crippen molar-refractivity contribution in [2.24, 2.45) is 0 Å². The third-order valence-corrected chi connectivity index (χ3v) is 4.52. The van der Waals surface area contributed by atoms with E-state index >= 15 is 0 Å². The monoisotopic (exact) mass is 250 g/mol. The van der Waals surface area contributed by atoms with Gasteiger partial charge >= 0.3 is 0 Å². The zero-order chi connectivity index (χ0) is 12.5. The number of hydrogen-bond donors (Lipinski definition) is 1. The van der Waals surface area contributed by atoms with Crippen LogP contribution < -0.4 is 5.43 Å². The third-order valence-electron chi connectivity index (χ3n) is 2.70. The second-order valence-electron chi connectivity index (χ2n) is 3.67. The van der Waals surface area contributed by atoms with Gasteiger partial charge < -0.3 is 0 Å². The zero-order valence-corrected chi connectivity index (χ0v) is 10.5. The number of benzene rings is 2. The molecule has 0 aliphatic heterocycles. The lowest BCUT2D eigenvalue weighted by molar-refractivity contribution is 0.404. The van der Waals surface area contributed by atoms with Crippen molar-refractivity contribution in [1.29, 1.82) is 0 Å². The molecule has 0 radical (unpaired) electrons. The van der Waals surface area contributed by atoms with Crippen LogP contribution in [0.4, 0.5) is 0 Å². The second kappa shape index (κ2) is 4.44. The smallest absolute Gasteiger partial charge is 0.245 e. The summed E-state index contributed by atoms with van der Waals surface area (Å²) in [6, 6.07) is 12.7. The summed E-state index contributed by atoms with van der Waals surface area (Å²) < 4.78 is 25.6. The van der Waals surface area contributed by atoms with Crippen LogP contribution in [0, 0.1) is 0 Å². The molecule has 0 atom stereocenters. The van der Waals surface area contributed by atoms with Crippen LogP contribution in [0.1, 0.15) is 0 Å². The average Bonchev–Trinajstić information content (AvgIpc) is 2.37. The van der Waals surface area contributed by atoms with Gasteiger partial charge in [0.15, 0.2) is 0 Å². The summed E-state index contributed by atoms with van der Waals surface area (Å²) in [7, 11) is -0.438. The maximum atomic E-state index is 12.2. The van der Waals surface area contributed by atoms with Gasteiger partial charge in [-0.25, -0.2) is 13.8 Å². The Balaban J connectivity index is 2.72. The van der Waals surface area contributed by atoms with Crippen LogP contribution in [-0.2, 0) is 10.0 Å². The highest BCUT2D eigenvalue weighted by atomic mass is 32.2. The SMILES string of the molecule is CNN(C)S(=O)(=O)c1cccc2ccccc12. The van der Waals surface area contributed by atoms with Crippen LogP contribution in [0.5, 0.6) is 0 Å². The molecule has 5 heteroatoms. The highest BCUT2D eigenvalue weighted by Crippen LogP contribution is 2.24. The van der Waals surface area contributed by atoms with Gasteiger partial charge in [-0.3, -0.25) is 0 Å². The maximum absolute atomic E-state index is 12.2. The molecule has 0 bridgehead atoms. The van der Waals surface area contributed by atoms with Crippen LogP contribution in [0.3, 0.4) is 0 Å². The summed E-state index contributed by atoms with van der Waals surface area (Å²) >= 11 is 0.